The lowest BCUT2D eigenvalue weighted by Gasteiger charge is -2.19. The van der Waals surface area contributed by atoms with Gasteiger partial charge in [0.15, 0.2) is 0 Å². The summed E-state index contributed by atoms with van der Waals surface area (Å²) in [6.45, 7) is 7.48. The van der Waals surface area contributed by atoms with Gasteiger partial charge in [-0.15, -0.1) is 0 Å². The van der Waals surface area contributed by atoms with E-state index in [1.807, 2.05) is 19.9 Å². The molecule has 1 heterocycles. The zero-order chi connectivity index (χ0) is 14.2. The van der Waals surface area contributed by atoms with Crippen molar-refractivity contribution in [2.24, 2.45) is 11.7 Å². The molecule has 1 aliphatic heterocycles. The van der Waals surface area contributed by atoms with Crippen molar-refractivity contribution in [3.05, 3.63) is 28.8 Å². The van der Waals surface area contributed by atoms with Gasteiger partial charge in [0.1, 0.15) is 0 Å². The molecule has 1 aromatic carbocycles. The number of nitrogens with zero attached hydrogens (tertiary/aromatic N) is 1. The van der Waals surface area contributed by atoms with Crippen molar-refractivity contribution < 1.29 is 8.42 Å². The third kappa shape index (κ3) is 2.68. The second kappa shape index (κ2) is 5.23. The first kappa shape index (κ1) is 14.5. The number of rotatable bonds is 3. The minimum atomic E-state index is -3.38. The number of hydrogen-bond acceptors (Lipinski definition) is 3. The van der Waals surface area contributed by atoms with Crippen molar-refractivity contribution in [3.63, 3.8) is 0 Å². The highest BCUT2D eigenvalue weighted by Crippen LogP contribution is 2.28. The van der Waals surface area contributed by atoms with Crippen LogP contribution in [0.25, 0.3) is 0 Å². The fraction of sp³-hybridized carbons (Fsp3) is 0.571. The fourth-order valence-electron chi connectivity index (χ4n) is 2.54. The van der Waals surface area contributed by atoms with E-state index >= 15 is 0 Å². The number of aryl methyl sites for hydroxylation is 1. The van der Waals surface area contributed by atoms with Gasteiger partial charge in [-0.25, -0.2) is 8.42 Å². The third-order valence-corrected chi connectivity index (χ3v) is 5.91. The smallest absolute Gasteiger partial charge is 0.243 e. The molecular weight excluding hydrogens is 260 g/mol. The standard InChI is InChI=1S/C14H22N2O2S/c1-10-4-5-16(9-10)19(17,18)14-7-13(8-15)6-11(2)12(14)3/h6-7,10H,4-5,8-9,15H2,1-3H3. The van der Waals surface area contributed by atoms with Crippen LogP contribution in [0.3, 0.4) is 0 Å². The first-order valence-electron chi connectivity index (χ1n) is 6.66. The maximum Gasteiger partial charge on any atom is 0.243 e. The van der Waals surface area contributed by atoms with Gasteiger partial charge in [0.2, 0.25) is 10.0 Å². The Morgan fingerprint density at radius 3 is 2.58 bits per heavy atom. The molecular formula is C14H22N2O2S. The van der Waals surface area contributed by atoms with E-state index < -0.39 is 10.0 Å². The van der Waals surface area contributed by atoms with E-state index in [0.717, 1.165) is 23.1 Å². The molecule has 0 saturated carbocycles. The van der Waals surface area contributed by atoms with E-state index in [-0.39, 0.29) is 0 Å². The van der Waals surface area contributed by atoms with Crippen molar-refractivity contribution in [3.8, 4) is 0 Å². The van der Waals surface area contributed by atoms with Crippen LogP contribution in [0.4, 0.5) is 0 Å². The summed E-state index contributed by atoms with van der Waals surface area (Å²) in [5.74, 6) is 0.439. The van der Waals surface area contributed by atoms with Crippen LogP contribution in [0, 0.1) is 19.8 Å². The van der Waals surface area contributed by atoms with Crippen LogP contribution in [0.2, 0.25) is 0 Å². The lowest BCUT2D eigenvalue weighted by Crippen LogP contribution is -2.29. The van der Waals surface area contributed by atoms with Crippen LogP contribution in [0.1, 0.15) is 30.0 Å². The number of benzene rings is 1. The fourth-order valence-corrected chi connectivity index (χ4v) is 4.46. The van der Waals surface area contributed by atoms with Crippen molar-refractivity contribution >= 4 is 10.0 Å². The van der Waals surface area contributed by atoms with Gasteiger partial charge in [0.25, 0.3) is 0 Å². The Hall–Kier alpha value is -0.910. The van der Waals surface area contributed by atoms with Crippen molar-refractivity contribution in [1.29, 1.82) is 0 Å². The summed E-state index contributed by atoms with van der Waals surface area (Å²) in [4.78, 5) is 0.419. The summed E-state index contributed by atoms with van der Waals surface area (Å²) < 4.78 is 27.0. The third-order valence-electron chi connectivity index (χ3n) is 3.92. The highest BCUT2D eigenvalue weighted by Gasteiger charge is 2.32. The monoisotopic (exact) mass is 282 g/mol. The number of hydrogen-bond donors (Lipinski definition) is 1. The average molecular weight is 282 g/mol. The molecule has 0 bridgehead atoms. The van der Waals surface area contributed by atoms with Gasteiger partial charge < -0.3 is 5.73 Å². The van der Waals surface area contributed by atoms with E-state index in [0.29, 0.717) is 30.4 Å². The molecule has 0 spiro atoms. The largest absolute Gasteiger partial charge is 0.326 e. The zero-order valence-corrected chi connectivity index (χ0v) is 12.6. The predicted octanol–water partition coefficient (Wildman–Crippen LogP) is 1.79. The first-order valence-corrected chi connectivity index (χ1v) is 8.10. The van der Waals surface area contributed by atoms with Crippen LogP contribution in [-0.2, 0) is 16.6 Å². The summed E-state index contributed by atoms with van der Waals surface area (Å²) in [5.41, 5.74) is 8.33. The molecule has 19 heavy (non-hydrogen) atoms. The molecule has 0 radical (unpaired) electrons. The summed E-state index contributed by atoms with van der Waals surface area (Å²) >= 11 is 0. The van der Waals surface area contributed by atoms with Crippen LogP contribution >= 0.6 is 0 Å². The molecule has 5 heteroatoms. The predicted molar refractivity (Wildman–Crippen MR) is 76.3 cm³/mol. The van der Waals surface area contributed by atoms with Crippen LogP contribution in [-0.4, -0.2) is 25.8 Å². The number of sulfonamides is 1. The summed E-state index contributed by atoms with van der Waals surface area (Å²) in [7, 11) is -3.38. The highest BCUT2D eigenvalue weighted by molar-refractivity contribution is 7.89. The van der Waals surface area contributed by atoms with Gasteiger partial charge in [-0.3, -0.25) is 0 Å². The number of nitrogens with two attached hydrogens (primary N) is 1. The second-order valence-electron chi connectivity index (χ2n) is 5.50. The van der Waals surface area contributed by atoms with Gasteiger partial charge in [-0.05, 0) is 48.9 Å². The SMILES string of the molecule is Cc1cc(CN)cc(S(=O)(=O)N2CCC(C)C2)c1C. The molecule has 1 aromatic rings. The molecule has 1 fully saturated rings. The highest BCUT2D eigenvalue weighted by atomic mass is 32.2. The minimum absolute atomic E-state index is 0.361. The van der Waals surface area contributed by atoms with Crippen LogP contribution < -0.4 is 5.73 Å². The van der Waals surface area contributed by atoms with E-state index in [4.69, 9.17) is 5.73 Å². The summed E-state index contributed by atoms with van der Waals surface area (Å²) in [5, 5.41) is 0. The average Bonchev–Trinajstić information content (AvgIpc) is 2.79. The Bertz CT molecular complexity index is 581. The normalized spacial score (nSPS) is 20.9. The molecule has 2 N–H and O–H groups in total. The Kier molecular flexibility index (Phi) is 3.99. The van der Waals surface area contributed by atoms with Crippen molar-refractivity contribution in [2.75, 3.05) is 13.1 Å². The molecule has 2 rings (SSSR count). The maximum absolute atomic E-state index is 12.7. The minimum Gasteiger partial charge on any atom is -0.326 e. The zero-order valence-electron chi connectivity index (χ0n) is 11.8. The van der Waals surface area contributed by atoms with Gasteiger partial charge in [0.05, 0.1) is 4.90 Å². The molecule has 0 aromatic heterocycles. The van der Waals surface area contributed by atoms with E-state index in [9.17, 15) is 8.42 Å². The molecule has 1 unspecified atom stereocenters. The van der Waals surface area contributed by atoms with E-state index in [2.05, 4.69) is 6.92 Å². The van der Waals surface area contributed by atoms with E-state index in [1.54, 1.807) is 10.4 Å². The van der Waals surface area contributed by atoms with Gasteiger partial charge >= 0.3 is 0 Å². The molecule has 4 nitrogen and oxygen atoms in total. The van der Waals surface area contributed by atoms with Gasteiger partial charge in [-0.1, -0.05) is 13.0 Å². The molecule has 106 valence electrons. The first-order chi connectivity index (χ1) is 8.86. The van der Waals surface area contributed by atoms with Crippen LogP contribution in [0.5, 0.6) is 0 Å². The molecule has 0 amide bonds. The molecule has 1 saturated heterocycles. The summed E-state index contributed by atoms with van der Waals surface area (Å²) in [6, 6.07) is 3.68. The topological polar surface area (TPSA) is 63.4 Å². The molecule has 1 aliphatic rings. The Morgan fingerprint density at radius 1 is 1.37 bits per heavy atom. The Morgan fingerprint density at radius 2 is 2.05 bits per heavy atom. The lowest BCUT2D eigenvalue weighted by molar-refractivity contribution is 0.464. The molecule has 0 aliphatic carbocycles. The van der Waals surface area contributed by atoms with Gasteiger partial charge in [0, 0.05) is 19.6 Å². The second-order valence-corrected chi connectivity index (χ2v) is 7.40. The lowest BCUT2D eigenvalue weighted by atomic mass is 10.1. The van der Waals surface area contributed by atoms with Gasteiger partial charge in [-0.2, -0.15) is 4.31 Å². The molecule has 1 atom stereocenters. The summed E-state index contributed by atoms with van der Waals surface area (Å²) in [6.07, 6.45) is 0.938. The van der Waals surface area contributed by atoms with Crippen molar-refractivity contribution in [1.82, 2.24) is 4.31 Å². The van der Waals surface area contributed by atoms with Crippen LogP contribution in [0.15, 0.2) is 17.0 Å². The quantitative estimate of drug-likeness (QED) is 0.919. The van der Waals surface area contributed by atoms with E-state index in [1.165, 1.54) is 0 Å². The Balaban J connectivity index is 2.48. The maximum atomic E-state index is 12.7. The van der Waals surface area contributed by atoms with Crippen molar-refractivity contribution in [2.45, 2.75) is 38.6 Å². The Labute approximate surface area is 115 Å².